The van der Waals surface area contributed by atoms with Crippen LogP contribution >= 0.6 is 0 Å². The van der Waals surface area contributed by atoms with Crippen LogP contribution in [0, 0.1) is 93.1 Å². The number of H-pyrrole nitrogens is 2. The third-order valence-corrected chi connectivity index (χ3v) is 19.1. The molecule has 4 atom stereocenters. The van der Waals surface area contributed by atoms with Gasteiger partial charge in [-0.2, -0.15) is 0 Å². The summed E-state index contributed by atoms with van der Waals surface area (Å²) in [4.78, 5) is 110. The Balaban J connectivity index is 1.33. The number of esters is 4. The van der Waals surface area contributed by atoms with Gasteiger partial charge in [-0.25, -0.2) is 99.4 Å². The van der Waals surface area contributed by atoms with Gasteiger partial charge in [-0.1, -0.05) is 0 Å². The zero-order valence-corrected chi connectivity index (χ0v) is 65.1. The topological polar surface area (TPSA) is 327 Å². The lowest BCUT2D eigenvalue weighted by atomic mass is 10.0. The smallest absolute Gasteiger partial charge is 0.328 e. The van der Waals surface area contributed by atoms with Gasteiger partial charge in [0.15, 0.2) is 93.1 Å². The van der Waals surface area contributed by atoms with E-state index in [0.717, 1.165) is 105 Å². The SMILES string of the molecule is COC(=O)[C@H](CCCCNc1c(F)c(F)c(-c2c3nc(c(-c4c(F)c(F)c(NCCCC[C@H](NC(C)=O)C(=O)OC)c(F)c4F)c4ccc([nH]4)c(-c4c(F)c(F)c(NCCCC[C@H](NC(C)=O)C(=O)OC)c(F)c4F)c4nc(c(-c5c(F)c(F)c(NCCCC[C@H](NC(C)=O)C(=O)OC)c(F)c5F)c5ccc2[nH]5)C=C4)C=C3)c(F)c1F)NC(C)=O. The molecule has 40 heteroatoms. The fourth-order valence-electron chi connectivity index (χ4n) is 13.6. The van der Waals surface area contributed by atoms with Crippen LogP contribution in [0.5, 0.6) is 0 Å². The molecule has 0 saturated heterocycles. The number of nitrogens with one attached hydrogen (secondary N) is 10. The number of aromatic nitrogens is 4. The number of hydrogen-bond donors (Lipinski definition) is 10. The van der Waals surface area contributed by atoms with Gasteiger partial charge in [0, 0.05) is 98.2 Å². The van der Waals surface area contributed by atoms with Gasteiger partial charge in [-0.15, -0.1) is 0 Å². The number of hydrogen-bond acceptors (Lipinski definition) is 18. The van der Waals surface area contributed by atoms with E-state index >= 15 is 70.2 Å². The van der Waals surface area contributed by atoms with Gasteiger partial charge in [0.2, 0.25) is 23.6 Å². The second kappa shape index (κ2) is 40.2. The third-order valence-electron chi connectivity index (χ3n) is 19.1. The number of anilines is 4. The van der Waals surface area contributed by atoms with Crippen molar-refractivity contribution in [2.45, 2.75) is 129 Å². The first kappa shape index (κ1) is 91.2. The summed E-state index contributed by atoms with van der Waals surface area (Å²) in [5.41, 5.74) is -24.5. The van der Waals surface area contributed by atoms with E-state index in [1.165, 1.54) is 0 Å². The Bertz CT molecular complexity index is 4690. The van der Waals surface area contributed by atoms with Crippen LogP contribution in [-0.4, -0.2) is 146 Å². The Morgan fingerprint density at radius 1 is 0.283 bits per heavy atom. The zero-order valence-electron chi connectivity index (χ0n) is 65.1. The van der Waals surface area contributed by atoms with Crippen LogP contribution in [0.4, 0.5) is 93.0 Å². The summed E-state index contributed by atoms with van der Waals surface area (Å²) in [6, 6.07) is -1.69. The van der Waals surface area contributed by atoms with E-state index in [-0.39, 0.29) is 77.0 Å². The average Bonchev–Trinajstić information content (AvgIpc) is 1.54. The molecule has 0 spiro atoms. The lowest BCUT2D eigenvalue weighted by molar-refractivity contribution is -0.145. The Kier molecular flexibility index (Phi) is 30.5. The highest BCUT2D eigenvalue weighted by atomic mass is 19.2. The Labute approximate surface area is 672 Å². The van der Waals surface area contributed by atoms with Gasteiger partial charge in [-0.05, 0) is 126 Å². The molecule has 24 nitrogen and oxygen atoms in total. The molecule has 8 bridgehead atoms. The molecule has 0 fully saturated rings. The van der Waals surface area contributed by atoms with Crippen LogP contribution in [0.3, 0.4) is 0 Å². The molecular formula is C80H78F16N12O12. The number of carbonyl (C=O) groups excluding carboxylic acids is 8. The number of methoxy groups -OCH3 is 4. The van der Waals surface area contributed by atoms with Crippen LogP contribution in [0.25, 0.3) is 90.9 Å². The molecule has 0 radical (unpaired) electrons. The van der Waals surface area contributed by atoms with E-state index in [4.69, 9.17) is 18.9 Å². The van der Waals surface area contributed by atoms with Crippen LogP contribution < -0.4 is 42.5 Å². The van der Waals surface area contributed by atoms with E-state index in [1.807, 2.05) is 0 Å². The van der Waals surface area contributed by atoms with Crippen LogP contribution in [0.1, 0.15) is 128 Å². The standard InChI is InChI=1S/C80H78F16N12O12/c1-33(109)101-45(77(113)117-5)17-9-13-29-97-73-65(89)57(81)53(58(82)66(73)90)49-37-21-23-39(105-37)50(54-59(83)67(91)74(68(92)60(54)84)98-30-14-10-18-46(78(114)118-6)102-34(2)110)41-25-27-43(107-41)52(56-63(87)71(95)76(72(96)64(56)88)100-32-16-12-20-48(80(116)120-8)104-36(4)112)44-28-26-42(108-44)51(40-24-22-38(49)106-40)55-61(85)69(93)75(70(94)62(55)86)99-31-15-11-19-47(79(115)119-7)103-35(3)111/h21-28,45-48,97-100,105,108H,9-20,29-32H2,1-8H3,(H,101,109)(H,102,110)(H,103,111)(H,104,112)/t45-,46-,47-,48-/m0/s1. The van der Waals surface area contributed by atoms with Crippen molar-refractivity contribution in [2.24, 2.45) is 0 Å². The first-order valence-electron chi connectivity index (χ1n) is 37.0. The van der Waals surface area contributed by atoms with E-state index in [1.54, 1.807) is 0 Å². The summed E-state index contributed by atoms with van der Waals surface area (Å²) in [5, 5.41) is 18.3. The van der Waals surface area contributed by atoms with Crippen molar-refractivity contribution in [2.75, 3.05) is 75.9 Å². The average molecular weight is 1700 g/mol. The highest BCUT2D eigenvalue weighted by molar-refractivity contribution is 6.01. The highest BCUT2D eigenvalue weighted by Crippen LogP contribution is 2.47. The number of aromatic amines is 2. The van der Waals surface area contributed by atoms with Crippen molar-refractivity contribution in [3.63, 3.8) is 0 Å². The molecule has 9 rings (SSSR count). The molecule has 2 aliphatic rings. The lowest BCUT2D eigenvalue weighted by Crippen LogP contribution is -2.40. The maximum absolute atomic E-state index is 17.5. The van der Waals surface area contributed by atoms with Crippen molar-refractivity contribution in [1.82, 2.24) is 41.2 Å². The maximum atomic E-state index is 17.5. The lowest BCUT2D eigenvalue weighted by Gasteiger charge is -2.17. The molecule has 4 amide bonds. The molecular weight excluding hydrogens is 1620 g/mol. The molecule has 0 saturated carbocycles. The number of fused-ring (bicyclic) bond motifs is 8. The Hall–Kier alpha value is -12.7. The molecule has 0 unspecified atom stereocenters. The summed E-state index contributed by atoms with van der Waals surface area (Å²) < 4.78 is 294. The Morgan fingerprint density at radius 2 is 0.458 bits per heavy atom. The molecule has 120 heavy (non-hydrogen) atoms. The van der Waals surface area contributed by atoms with Crippen molar-refractivity contribution in [1.29, 1.82) is 0 Å². The van der Waals surface area contributed by atoms with E-state index < -0.39 is 303 Å². The molecule has 7 aromatic rings. The third kappa shape index (κ3) is 20.0. The fourth-order valence-corrected chi connectivity index (χ4v) is 13.6. The number of carbonyl (C=O) groups is 8. The van der Waals surface area contributed by atoms with Crippen molar-refractivity contribution >= 4 is 117 Å². The molecule has 642 valence electrons. The quantitative estimate of drug-likeness (QED) is 0.00573. The largest absolute Gasteiger partial charge is 0.467 e. The second-order valence-electron chi connectivity index (χ2n) is 27.3. The number of ether oxygens (including phenoxy) is 4. The fraction of sp³-hybridized carbons (Fsp3) is 0.350. The highest BCUT2D eigenvalue weighted by Gasteiger charge is 2.37. The zero-order chi connectivity index (χ0) is 88.0. The summed E-state index contributed by atoms with van der Waals surface area (Å²) in [6.45, 7) is 2.43. The van der Waals surface area contributed by atoms with Gasteiger partial charge in [0.25, 0.3) is 0 Å². The predicted octanol–water partition coefficient (Wildman–Crippen LogP) is 14.6. The summed E-state index contributed by atoms with van der Waals surface area (Å²) in [7, 11) is 4.14. The van der Waals surface area contributed by atoms with E-state index in [9.17, 15) is 38.4 Å². The van der Waals surface area contributed by atoms with Crippen LogP contribution in [0.15, 0.2) is 24.3 Å². The van der Waals surface area contributed by atoms with Gasteiger partial charge >= 0.3 is 23.9 Å². The van der Waals surface area contributed by atoms with Gasteiger partial charge in [-0.3, -0.25) is 19.2 Å². The Morgan fingerprint density at radius 3 is 0.617 bits per heavy atom. The first-order chi connectivity index (χ1) is 57.0. The van der Waals surface area contributed by atoms with Crippen molar-refractivity contribution in [3.05, 3.63) is 140 Å². The molecule has 10 N–H and O–H groups in total. The minimum atomic E-state index is -2.27. The van der Waals surface area contributed by atoms with E-state index in [2.05, 4.69) is 62.5 Å². The monoisotopic (exact) mass is 1700 g/mol. The molecule has 5 heterocycles. The summed E-state index contributed by atoms with van der Waals surface area (Å²) in [5.74, 6) is -41.5. The van der Waals surface area contributed by atoms with Crippen LogP contribution in [0.2, 0.25) is 0 Å². The van der Waals surface area contributed by atoms with Gasteiger partial charge < -0.3 is 71.4 Å². The van der Waals surface area contributed by atoms with Crippen LogP contribution in [-0.2, 0) is 57.3 Å². The second-order valence-corrected chi connectivity index (χ2v) is 27.3. The predicted molar refractivity (Wildman–Crippen MR) is 408 cm³/mol. The number of amides is 4. The number of rotatable bonds is 36. The summed E-state index contributed by atoms with van der Waals surface area (Å²) in [6.07, 6.45) is 2.04. The number of nitrogens with zero attached hydrogens (tertiary/aromatic N) is 2. The normalized spacial score (nSPS) is 12.6. The number of benzene rings is 4. The number of unbranched alkanes of at least 4 members (excludes halogenated alkanes) is 4. The molecule has 2 aliphatic heterocycles. The van der Waals surface area contributed by atoms with Gasteiger partial charge in [0.05, 0.1) is 73.5 Å². The number of halogens is 16. The minimum absolute atomic E-state index is 0.00407. The first-order valence-corrected chi connectivity index (χ1v) is 37.0. The molecule has 4 aromatic carbocycles. The summed E-state index contributed by atoms with van der Waals surface area (Å²) >= 11 is 0. The van der Waals surface area contributed by atoms with Crippen molar-refractivity contribution in [3.8, 4) is 44.5 Å². The van der Waals surface area contributed by atoms with E-state index in [0.29, 0.717) is 0 Å². The molecule has 3 aromatic heterocycles. The minimum Gasteiger partial charge on any atom is -0.467 e. The van der Waals surface area contributed by atoms with Crippen molar-refractivity contribution < 1.29 is 128 Å². The maximum Gasteiger partial charge on any atom is 0.328 e. The van der Waals surface area contributed by atoms with Gasteiger partial charge in [0.1, 0.15) is 46.9 Å². The molecule has 0 aliphatic carbocycles.